The molecular formula is C31H36N2O2. The van der Waals surface area contributed by atoms with Crippen LogP contribution in [0, 0.1) is 0 Å². The van der Waals surface area contributed by atoms with Gasteiger partial charge in [0.15, 0.2) is 0 Å². The summed E-state index contributed by atoms with van der Waals surface area (Å²) in [6, 6.07) is 30.0. The zero-order valence-electron chi connectivity index (χ0n) is 20.3. The van der Waals surface area contributed by atoms with E-state index in [0.717, 1.165) is 18.4 Å². The van der Waals surface area contributed by atoms with Gasteiger partial charge in [-0.15, -0.1) is 6.58 Å². The molecule has 3 aromatic rings. The summed E-state index contributed by atoms with van der Waals surface area (Å²) in [6.07, 6.45) is 4.54. The number of amides is 1. The molecule has 0 saturated carbocycles. The van der Waals surface area contributed by atoms with Crippen LogP contribution in [0.2, 0.25) is 0 Å². The lowest BCUT2D eigenvalue weighted by molar-refractivity contribution is -0.117. The third-order valence-corrected chi connectivity index (χ3v) is 6.21. The molecule has 2 N–H and O–H groups in total. The molecule has 1 amide bonds. The van der Waals surface area contributed by atoms with Crippen molar-refractivity contribution in [3.63, 3.8) is 0 Å². The lowest BCUT2D eigenvalue weighted by Crippen LogP contribution is -2.45. The summed E-state index contributed by atoms with van der Waals surface area (Å²) < 4.78 is 0. The maximum absolute atomic E-state index is 12.2. The van der Waals surface area contributed by atoms with Gasteiger partial charge in [-0.2, -0.15) is 0 Å². The van der Waals surface area contributed by atoms with Crippen molar-refractivity contribution in [2.75, 3.05) is 0 Å². The fourth-order valence-corrected chi connectivity index (χ4v) is 4.40. The topological polar surface area (TPSA) is 52.6 Å². The summed E-state index contributed by atoms with van der Waals surface area (Å²) in [4.78, 5) is 14.6. The second-order valence-corrected chi connectivity index (χ2v) is 8.81. The summed E-state index contributed by atoms with van der Waals surface area (Å²) in [5.74, 6) is -0.204. The molecule has 0 radical (unpaired) electrons. The van der Waals surface area contributed by atoms with E-state index in [2.05, 4.69) is 47.6 Å². The van der Waals surface area contributed by atoms with Crippen molar-refractivity contribution >= 4 is 5.91 Å². The molecule has 0 aliphatic rings. The van der Waals surface area contributed by atoms with Crippen LogP contribution in [0.3, 0.4) is 0 Å². The van der Waals surface area contributed by atoms with Gasteiger partial charge in [0.05, 0.1) is 6.10 Å². The maximum atomic E-state index is 12.2. The molecule has 4 heteroatoms. The largest absolute Gasteiger partial charge is 0.387 e. The first-order valence-corrected chi connectivity index (χ1v) is 12.2. The average molecular weight is 469 g/mol. The van der Waals surface area contributed by atoms with Crippen LogP contribution in [-0.4, -0.2) is 28.0 Å². The number of nitrogens with one attached hydrogen (secondary N) is 1. The standard InChI is InChI=1S/C31H36N2O2/c1-3-5-21-28(32-30(34)4-2)22-29(31(35)27-19-13-8-14-20-27)33(23-25-15-9-6-10-16-25)24-26-17-11-7-12-18-26/h3-4,6-20,28-29,31,35H,1-2,5,21-24H2,(H,32,34). The zero-order valence-corrected chi connectivity index (χ0v) is 20.3. The number of benzene rings is 3. The van der Waals surface area contributed by atoms with E-state index >= 15 is 0 Å². The Morgan fingerprint density at radius 2 is 1.37 bits per heavy atom. The van der Waals surface area contributed by atoms with Gasteiger partial charge in [-0.3, -0.25) is 9.69 Å². The lowest BCUT2D eigenvalue weighted by Gasteiger charge is -2.37. The monoisotopic (exact) mass is 468 g/mol. The Bertz CT molecular complexity index is 996. The van der Waals surface area contributed by atoms with Crippen molar-refractivity contribution in [1.29, 1.82) is 0 Å². The van der Waals surface area contributed by atoms with E-state index in [-0.39, 0.29) is 18.0 Å². The zero-order chi connectivity index (χ0) is 24.9. The van der Waals surface area contributed by atoms with E-state index in [1.54, 1.807) is 0 Å². The van der Waals surface area contributed by atoms with Crippen LogP contribution in [0.15, 0.2) is 116 Å². The lowest BCUT2D eigenvalue weighted by atomic mass is 9.92. The number of allylic oxidation sites excluding steroid dienone is 1. The summed E-state index contributed by atoms with van der Waals surface area (Å²) >= 11 is 0. The summed E-state index contributed by atoms with van der Waals surface area (Å²) in [7, 11) is 0. The molecule has 0 bridgehead atoms. The van der Waals surface area contributed by atoms with Gasteiger partial charge in [0.1, 0.15) is 0 Å². The highest BCUT2D eigenvalue weighted by Crippen LogP contribution is 2.28. The Kier molecular flexibility index (Phi) is 10.5. The van der Waals surface area contributed by atoms with Gasteiger partial charge < -0.3 is 10.4 Å². The Hall–Kier alpha value is -3.47. The molecule has 3 atom stereocenters. The van der Waals surface area contributed by atoms with Crippen LogP contribution < -0.4 is 5.32 Å². The second kappa shape index (κ2) is 14.1. The molecule has 0 saturated heterocycles. The van der Waals surface area contributed by atoms with Crippen molar-refractivity contribution in [1.82, 2.24) is 10.2 Å². The first kappa shape index (κ1) is 26.1. The Labute approximate surface area is 209 Å². The Balaban J connectivity index is 1.98. The molecule has 3 rings (SSSR count). The Morgan fingerprint density at radius 3 is 1.86 bits per heavy atom. The number of carbonyl (C=O) groups is 1. The maximum Gasteiger partial charge on any atom is 0.243 e. The van der Waals surface area contributed by atoms with E-state index in [4.69, 9.17) is 0 Å². The molecule has 4 nitrogen and oxygen atoms in total. The number of hydrogen-bond acceptors (Lipinski definition) is 3. The Morgan fingerprint density at radius 1 is 0.857 bits per heavy atom. The van der Waals surface area contributed by atoms with E-state index in [1.807, 2.05) is 72.8 Å². The molecule has 0 aromatic heterocycles. The minimum atomic E-state index is -0.726. The van der Waals surface area contributed by atoms with Crippen LogP contribution in [-0.2, 0) is 17.9 Å². The minimum absolute atomic E-state index is 0.129. The minimum Gasteiger partial charge on any atom is -0.387 e. The summed E-state index contributed by atoms with van der Waals surface area (Å²) in [5.41, 5.74) is 3.21. The third-order valence-electron chi connectivity index (χ3n) is 6.21. The molecule has 35 heavy (non-hydrogen) atoms. The number of hydrogen-bond donors (Lipinski definition) is 2. The first-order valence-electron chi connectivity index (χ1n) is 12.2. The smallest absolute Gasteiger partial charge is 0.243 e. The van der Waals surface area contributed by atoms with Crippen molar-refractivity contribution < 1.29 is 9.90 Å². The highest BCUT2D eigenvalue weighted by molar-refractivity contribution is 5.87. The molecule has 0 fully saturated rings. The van der Waals surface area contributed by atoms with Crippen LogP contribution in [0.5, 0.6) is 0 Å². The van der Waals surface area contributed by atoms with E-state index in [0.29, 0.717) is 19.5 Å². The van der Waals surface area contributed by atoms with Gasteiger partial charge >= 0.3 is 0 Å². The van der Waals surface area contributed by atoms with Crippen LogP contribution in [0.25, 0.3) is 0 Å². The number of rotatable bonds is 14. The van der Waals surface area contributed by atoms with Crippen molar-refractivity contribution in [3.8, 4) is 0 Å². The van der Waals surface area contributed by atoms with Gasteiger partial charge in [0.25, 0.3) is 0 Å². The molecule has 182 valence electrons. The van der Waals surface area contributed by atoms with Gasteiger partial charge in [-0.25, -0.2) is 0 Å². The molecule has 0 spiro atoms. The van der Waals surface area contributed by atoms with Gasteiger partial charge in [0, 0.05) is 25.2 Å². The van der Waals surface area contributed by atoms with Gasteiger partial charge in [0.2, 0.25) is 5.91 Å². The quantitative estimate of drug-likeness (QED) is 0.232. The van der Waals surface area contributed by atoms with Crippen molar-refractivity contribution in [2.24, 2.45) is 0 Å². The third kappa shape index (κ3) is 8.36. The predicted molar refractivity (Wildman–Crippen MR) is 143 cm³/mol. The van der Waals surface area contributed by atoms with Gasteiger partial charge in [-0.05, 0) is 42.0 Å². The second-order valence-electron chi connectivity index (χ2n) is 8.81. The number of aliphatic hydroxyl groups excluding tert-OH is 1. The van der Waals surface area contributed by atoms with Crippen molar-refractivity contribution in [2.45, 2.75) is 50.5 Å². The van der Waals surface area contributed by atoms with Crippen LogP contribution in [0.1, 0.15) is 42.1 Å². The fourth-order valence-electron chi connectivity index (χ4n) is 4.40. The SMILES string of the molecule is C=CCCC(CC(C(O)c1ccccc1)N(Cc1ccccc1)Cc1ccccc1)NC(=O)C=C. The van der Waals surface area contributed by atoms with Gasteiger partial charge in [-0.1, -0.05) is 104 Å². The van der Waals surface area contributed by atoms with Crippen molar-refractivity contribution in [3.05, 3.63) is 133 Å². The first-order chi connectivity index (χ1) is 17.1. The predicted octanol–water partition coefficient (Wildman–Crippen LogP) is 5.82. The van der Waals surface area contributed by atoms with Crippen LogP contribution >= 0.6 is 0 Å². The van der Waals surface area contributed by atoms with E-state index in [9.17, 15) is 9.90 Å². The molecule has 0 aliphatic carbocycles. The molecule has 0 aliphatic heterocycles. The van der Waals surface area contributed by atoms with E-state index < -0.39 is 6.10 Å². The fraction of sp³-hybridized carbons (Fsp3) is 0.258. The molecular weight excluding hydrogens is 432 g/mol. The normalized spacial score (nSPS) is 13.5. The molecule has 0 heterocycles. The summed E-state index contributed by atoms with van der Waals surface area (Å²) in [5, 5.41) is 14.8. The van der Waals surface area contributed by atoms with E-state index in [1.165, 1.54) is 17.2 Å². The highest BCUT2D eigenvalue weighted by Gasteiger charge is 2.30. The highest BCUT2D eigenvalue weighted by atomic mass is 16.3. The average Bonchev–Trinajstić information content (AvgIpc) is 2.91. The molecule has 3 aromatic carbocycles. The molecule has 3 unspecified atom stereocenters. The summed E-state index contributed by atoms with van der Waals surface area (Å²) in [6.45, 7) is 8.81. The number of carbonyl (C=O) groups excluding carboxylic acids is 1. The number of aliphatic hydroxyl groups is 1. The van der Waals surface area contributed by atoms with Crippen LogP contribution in [0.4, 0.5) is 0 Å². The number of nitrogens with zero attached hydrogens (tertiary/aromatic N) is 1.